The smallest absolute Gasteiger partial charge is 0.261 e. The first kappa shape index (κ1) is 27.9. The number of benzene rings is 2. The predicted molar refractivity (Wildman–Crippen MR) is 140 cm³/mol. The first-order chi connectivity index (χ1) is 16.7. The van der Waals surface area contributed by atoms with Gasteiger partial charge in [0.1, 0.15) is 0 Å². The lowest BCUT2D eigenvalue weighted by atomic mass is 10.1. The summed E-state index contributed by atoms with van der Waals surface area (Å²) in [6.07, 6.45) is -0.106. The molecule has 1 heterocycles. The summed E-state index contributed by atoms with van der Waals surface area (Å²) in [7, 11) is -2.75. The standard InChI is InChI=1S/C28H41F2NO3Si/c1-22(34-27-17-11-12-20-32-27)25(31-19-18-26(29)30)21-33-35(28(2,3)4,23-13-7-5-8-14-23)24-15-9-6-10-16-24/h5-10,13-16,22,25-27,31H,11-12,17-21H2,1-4H3. The van der Waals surface area contributed by atoms with Crippen molar-refractivity contribution in [3.63, 3.8) is 0 Å². The van der Waals surface area contributed by atoms with E-state index in [1.165, 1.54) is 10.4 Å². The highest BCUT2D eigenvalue weighted by Gasteiger charge is 2.50. The highest BCUT2D eigenvalue weighted by atomic mass is 28.4. The van der Waals surface area contributed by atoms with Crippen LogP contribution in [0.2, 0.25) is 5.04 Å². The SMILES string of the molecule is CC(OC1CCCCO1)C(CO[Si](c1ccccc1)(c1ccccc1)C(C)(C)C)NCCC(F)F. The van der Waals surface area contributed by atoms with Gasteiger partial charge in [-0.15, -0.1) is 0 Å². The molecule has 4 nitrogen and oxygen atoms in total. The Morgan fingerprint density at radius 1 is 1.00 bits per heavy atom. The Bertz CT molecular complexity index is 818. The van der Waals surface area contributed by atoms with E-state index in [0.29, 0.717) is 13.2 Å². The van der Waals surface area contributed by atoms with E-state index in [1.54, 1.807) is 0 Å². The van der Waals surface area contributed by atoms with Crippen LogP contribution in [0.1, 0.15) is 53.4 Å². The highest BCUT2D eigenvalue weighted by molar-refractivity contribution is 6.99. The van der Waals surface area contributed by atoms with Crippen molar-refractivity contribution < 1.29 is 22.7 Å². The quantitative estimate of drug-likeness (QED) is 0.407. The van der Waals surface area contributed by atoms with Gasteiger partial charge in [-0.05, 0) is 41.6 Å². The molecule has 1 saturated heterocycles. The molecule has 0 saturated carbocycles. The Morgan fingerprint density at radius 3 is 2.09 bits per heavy atom. The number of hydrogen-bond donors (Lipinski definition) is 1. The highest BCUT2D eigenvalue weighted by Crippen LogP contribution is 2.37. The van der Waals surface area contributed by atoms with Gasteiger partial charge in [-0.1, -0.05) is 81.4 Å². The molecule has 3 rings (SSSR count). The van der Waals surface area contributed by atoms with Gasteiger partial charge in [0.05, 0.1) is 18.8 Å². The second kappa shape index (κ2) is 13.1. The van der Waals surface area contributed by atoms with Gasteiger partial charge >= 0.3 is 0 Å². The van der Waals surface area contributed by atoms with Crippen molar-refractivity contribution in [2.45, 2.75) is 83.3 Å². The van der Waals surface area contributed by atoms with Crippen LogP contribution in [0.15, 0.2) is 60.7 Å². The summed E-state index contributed by atoms with van der Waals surface area (Å²) in [4.78, 5) is 0. The third-order valence-corrected chi connectivity index (χ3v) is 11.7. The van der Waals surface area contributed by atoms with Crippen LogP contribution < -0.4 is 15.7 Å². The van der Waals surface area contributed by atoms with E-state index >= 15 is 0 Å². The minimum absolute atomic E-state index is 0.167. The molecule has 7 heteroatoms. The topological polar surface area (TPSA) is 39.7 Å². The average Bonchev–Trinajstić information content (AvgIpc) is 2.84. The molecule has 0 aromatic heterocycles. The van der Waals surface area contributed by atoms with Gasteiger partial charge in [0.15, 0.2) is 6.29 Å². The second-order valence-corrected chi connectivity index (χ2v) is 14.7. The Labute approximate surface area is 210 Å². The molecule has 0 amide bonds. The molecule has 0 radical (unpaired) electrons. The van der Waals surface area contributed by atoms with Crippen LogP contribution in [-0.4, -0.2) is 52.9 Å². The monoisotopic (exact) mass is 505 g/mol. The molecule has 3 unspecified atom stereocenters. The molecule has 0 bridgehead atoms. The summed E-state index contributed by atoms with van der Waals surface area (Å²) in [6.45, 7) is 9.92. The van der Waals surface area contributed by atoms with Crippen LogP contribution in [0.3, 0.4) is 0 Å². The van der Waals surface area contributed by atoms with Crippen molar-refractivity contribution in [3.8, 4) is 0 Å². The molecule has 2 aromatic rings. The third kappa shape index (κ3) is 7.43. The molecule has 1 aliphatic rings. The van der Waals surface area contributed by atoms with Gasteiger partial charge in [0.25, 0.3) is 8.32 Å². The van der Waals surface area contributed by atoms with Gasteiger partial charge in [-0.3, -0.25) is 0 Å². The van der Waals surface area contributed by atoms with E-state index in [2.05, 4.69) is 74.6 Å². The Morgan fingerprint density at radius 2 is 1.60 bits per heavy atom. The molecule has 3 atom stereocenters. The molecule has 1 N–H and O–H groups in total. The minimum atomic E-state index is -2.75. The van der Waals surface area contributed by atoms with E-state index in [1.807, 2.05) is 19.1 Å². The fourth-order valence-electron chi connectivity index (χ4n) is 4.87. The van der Waals surface area contributed by atoms with Crippen LogP contribution in [0, 0.1) is 0 Å². The number of rotatable bonds is 12. The lowest BCUT2D eigenvalue weighted by Gasteiger charge is -2.44. The van der Waals surface area contributed by atoms with E-state index < -0.39 is 14.7 Å². The molecule has 1 aliphatic heterocycles. The van der Waals surface area contributed by atoms with Gasteiger partial charge in [-0.25, -0.2) is 8.78 Å². The number of hydrogen-bond acceptors (Lipinski definition) is 4. The molecule has 2 aromatic carbocycles. The summed E-state index contributed by atoms with van der Waals surface area (Å²) < 4.78 is 44.9. The van der Waals surface area contributed by atoms with Crippen LogP contribution in [0.25, 0.3) is 0 Å². The van der Waals surface area contributed by atoms with Gasteiger partial charge in [0.2, 0.25) is 6.43 Å². The fourth-order valence-corrected chi connectivity index (χ4v) is 9.45. The molecular formula is C28H41F2NO3Si. The Kier molecular flexibility index (Phi) is 10.4. The molecule has 35 heavy (non-hydrogen) atoms. The third-order valence-electron chi connectivity index (χ3n) is 6.74. The molecular weight excluding hydrogens is 464 g/mol. The molecule has 0 aliphatic carbocycles. The molecule has 0 spiro atoms. The van der Waals surface area contributed by atoms with Crippen LogP contribution >= 0.6 is 0 Å². The molecule has 1 fully saturated rings. The largest absolute Gasteiger partial charge is 0.406 e. The predicted octanol–water partition coefficient (Wildman–Crippen LogP) is 5.11. The maximum absolute atomic E-state index is 12.9. The number of ether oxygens (including phenoxy) is 2. The normalized spacial score (nSPS) is 19.0. The van der Waals surface area contributed by atoms with Crippen molar-refractivity contribution in [1.82, 2.24) is 5.32 Å². The maximum atomic E-state index is 12.9. The van der Waals surface area contributed by atoms with Gasteiger partial charge in [0, 0.05) is 19.6 Å². The van der Waals surface area contributed by atoms with Crippen LogP contribution in [-0.2, 0) is 13.9 Å². The summed E-state index contributed by atoms with van der Waals surface area (Å²) >= 11 is 0. The van der Waals surface area contributed by atoms with Crippen molar-refractivity contribution >= 4 is 18.7 Å². The maximum Gasteiger partial charge on any atom is 0.261 e. The van der Waals surface area contributed by atoms with Crippen LogP contribution in [0.4, 0.5) is 8.78 Å². The van der Waals surface area contributed by atoms with E-state index in [0.717, 1.165) is 19.3 Å². The lowest BCUT2D eigenvalue weighted by molar-refractivity contribution is -0.191. The zero-order valence-electron chi connectivity index (χ0n) is 21.5. The van der Waals surface area contributed by atoms with Gasteiger partial charge in [-0.2, -0.15) is 0 Å². The summed E-state index contributed by atoms with van der Waals surface area (Å²) in [6, 6.07) is 20.6. The Balaban J connectivity index is 1.89. The van der Waals surface area contributed by atoms with Crippen molar-refractivity contribution in [2.75, 3.05) is 19.8 Å². The zero-order valence-corrected chi connectivity index (χ0v) is 22.5. The zero-order chi connectivity index (χ0) is 25.3. The van der Waals surface area contributed by atoms with Crippen molar-refractivity contribution in [1.29, 1.82) is 0 Å². The van der Waals surface area contributed by atoms with E-state index in [4.69, 9.17) is 13.9 Å². The first-order valence-electron chi connectivity index (χ1n) is 12.8. The van der Waals surface area contributed by atoms with Crippen molar-refractivity contribution in [3.05, 3.63) is 60.7 Å². The summed E-state index contributed by atoms with van der Waals surface area (Å²) in [5.74, 6) is 0. The minimum Gasteiger partial charge on any atom is -0.406 e. The number of nitrogens with one attached hydrogen (secondary N) is 1. The number of halogens is 2. The van der Waals surface area contributed by atoms with E-state index in [9.17, 15) is 8.78 Å². The second-order valence-electron chi connectivity index (χ2n) is 10.4. The molecule has 194 valence electrons. The lowest BCUT2D eigenvalue weighted by Crippen LogP contribution is -2.67. The van der Waals surface area contributed by atoms with Gasteiger partial charge < -0.3 is 19.2 Å². The number of alkyl halides is 2. The van der Waals surface area contributed by atoms with Crippen LogP contribution in [0.5, 0.6) is 0 Å². The average molecular weight is 506 g/mol. The fraction of sp³-hybridized carbons (Fsp3) is 0.571. The summed E-state index contributed by atoms with van der Waals surface area (Å²) in [5, 5.41) is 5.52. The summed E-state index contributed by atoms with van der Waals surface area (Å²) in [5.41, 5.74) is 0. The first-order valence-corrected chi connectivity index (χ1v) is 14.7. The van der Waals surface area contributed by atoms with Crippen molar-refractivity contribution in [2.24, 2.45) is 0 Å². The van der Waals surface area contributed by atoms with E-state index in [-0.39, 0.29) is 36.4 Å². The Hall–Kier alpha value is -1.64.